The second kappa shape index (κ2) is 10.0. The van der Waals surface area contributed by atoms with Crippen molar-refractivity contribution >= 4 is 11.0 Å². The first-order chi connectivity index (χ1) is 15.2. The van der Waals surface area contributed by atoms with Crippen molar-refractivity contribution in [2.45, 2.75) is 45.2 Å². The predicted octanol–water partition coefficient (Wildman–Crippen LogP) is 5.40. The molecular weight excluding hydrogens is 386 g/mol. The zero-order chi connectivity index (χ0) is 21.6. The van der Waals surface area contributed by atoms with Crippen LogP contribution in [-0.2, 0) is 13.0 Å². The Morgan fingerprint density at radius 2 is 1.94 bits per heavy atom. The van der Waals surface area contributed by atoms with Gasteiger partial charge in [0.1, 0.15) is 5.82 Å². The van der Waals surface area contributed by atoms with E-state index in [9.17, 15) is 0 Å². The number of methoxy groups -OCH3 is 1. The third-order valence-electron chi connectivity index (χ3n) is 6.14. The van der Waals surface area contributed by atoms with Crippen LogP contribution in [0.3, 0.4) is 0 Å². The Morgan fingerprint density at radius 1 is 1.13 bits per heavy atom. The summed E-state index contributed by atoms with van der Waals surface area (Å²) < 4.78 is 14.0. The largest absolute Gasteiger partial charge is 0.493 e. The van der Waals surface area contributed by atoms with E-state index in [1.165, 1.54) is 23.9 Å². The zero-order valence-electron chi connectivity index (χ0n) is 18.7. The summed E-state index contributed by atoms with van der Waals surface area (Å²) in [6, 6.07) is 14.9. The fraction of sp³-hybridized carbons (Fsp3) is 0.423. The number of allylic oxidation sites excluding steroid dienone is 1. The van der Waals surface area contributed by atoms with Crippen molar-refractivity contribution in [2.24, 2.45) is 0 Å². The molecule has 31 heavy (non-hydrogen) atoms. The Labute approximate surface area is 185 Å². The van der Waals surface area contributed by atoms with Gasteiger partial charge in [0, 0.05) is 6.54 Å². The molecule has 164 valence electrons. The number of para-hydroxylation sites is 2. The Balaban J connectivity index is 1.45. The van der Waals surface area contributed by atoms with Gasteiger partial charge in [0.05, 0.1) is 30.8 Å². The number of imidazole rings is 1. The summed E-state index contributed by atoms with van der Waals surface area (Å²) in [6.07, 6.45) is 6.18. The van der Waals surface area contributed by atoms with Crippen molar-refractivity contribution in [1.29, 1.82) is 0 Å². The SMILES string of the molecule is C=CCc1ccc(OCCCn2c(C(C)N3CCCC3)nc3ccccc32)c(OC)c1. The number of ether oxygens (including phenoxy) is 2. The second-order valence-corrected chi connectivity index (χ2v) is 8.21. The summed E-state index contributed by atoms with van der Waals surface area (Å²) in [5.74, 6) is 2.72. The maximum atomic E-state index is 6.08. The van der Waals surface area contributed by atoms with Crippen LogP contribution in [0.4, 0.5) is 0 Å². The maximum Gasteiger partial charge on any atom is 0.161 e. The molecule has 2 heterocycles. The van der Waals surface area contributed by atoms with Crippen molar-refractivity contribution in [1.82, 2.24) is 14.5 Å². The molecule has 0 amide bonds. The first-order valence-corrected chi connectivity index (χ1v) is 11.3. The van der Waals surface area contributed by atoms with Crippen LogP contribution < -0.4 is 9.47 Å². The van der Waals surface area contributed by atoms with E-state index in [0.29, 0.717) is 12.6 Å². The number of nitrogens with zero attached hydrogens (tertiary/aromatic N) is 3. The summed E-state index contributed by atoms with van der Waals surface area (Å²) >= 11 is 0. The standard InChI is InChI=1S/C26H33N3O2/c1-4-10-21-13-14-24(25(19-21)30-3)31-18-9-17-29-23-12-6-5-11-22(23)27-26(29)20(2)28-15-7-8-16-28/h4-6,11-14,19-20H,1,7-10,15-18H2,2-3H3. The summed E-state index contributed by atoms with van der Waals surface area (Å²) in [7, 11) is 1.68. The Bertz CT molecular complexity index is 1020. The number of hydrogen-bond donors (Lipinski definition) is 0. The minimum Gasteiger partial charge on any atom is -0.493 e. The molecule has 1 aliphatic heterocycles. The van der Waals surface area contributed by atoms with Gasteiger partial charge in [-0.2, -0.15) is 0 Å². The highest BCUT2D eigenvalue weighted by atomic mass is 16.5. The first-order valence-electron chi connectivity index (χ1n) is 11.3. The van der Waals surface area contributed by atoms with Gasteiger partial charge >= 0.3 is 0 Å². The molecule has 1 unspecified atom stereocenters. The van der Waals surface area contributed by atoms with Crippen LogP contribution in [0.2, 0.25) is 0 Å². The molecule has 4 rings (SSSR count). The molecule has 1 aliphatic rings. The van der Waals surface area contributed by atoms with Crippen molar-refractivity contribution in [3.63, 3.8) is 0 Å². The molecular formula is C26H33N3O2. The minimum absolute atomic E-state index is 0.327. The number of aryl methyl sites for hydroxylation is 1. The van der Waals surface area contributed by atoms with E-state index in [1.807, 2.05) is 18.2 Å². The molecule has 3 aromatic rings. The lowest BCUT2D eigenvalue weighted by Crippen LogP contribution is -2.26. The van der Waals surface area contributed by atoms with Gasteiger partial charge in [-0.15, -0.1) is 6.58 Å². The smallest absolute Gasteiger partial charge is 0.161 e. The predicted molar refractivity (Wildman–Crippen MR) is 126 cm³/mol. The van der Waals surface area contributed by atoms with Crippen molar-refractivity contribution < 1.29 is 9.47 Å². The number of fused-ring (bicyclic) bond motifs is 1. The molecule has 5 nitrogen and oxygen atoms in total. The van der Waals surface area contributed by atoms with Crippen LogP contribution in [0.25, 0.3) is 11.0 Å². The van der Waals surface area contributed by atoms with Gasteiger partial charge in [-0.05, 0) is 75.5 Å². The van der Waals surface area contributed by atoms with Crippen LogP contribution in [0.5, 0.6) is 11.5 Å². The monoisotopic (exact) mass is 419 g/mol. The molecule has 0 saturated carbocycles. The number of hydrogen-bond acceptors (Lipinski definition) is 4. The number of aromatic nitrogens is 2. The third-order valence-corrected chi connectivity index (χ3v) is 6.14. The Hall–Kier alpha value is -2.79. The van der Waals surface area contributed by atoms with Gasteiger partial charge in [-0.3, -0.25) is 4.90 Å². The van der Waals surface area contributed by atoms with E-state index in [2.05, 4.69) is 53.3 Å². The van der Waals surface area contributed by atoms with E-state index in [-0.39, 0.29) is 0 Å². The van der Waals surface area contributed by atoms with Crippen LogP contribution in [0.1, 0.15) is 43.6 Å². The van der Waals surface area contributed by atoms with Crippen LogP contribution in [-0.4, -0.2) is 41.3 Å². The van der Waals surface area contributed by atoms with Gasteiger partial charge in [-0.1, -0.05) is 24.3 Å². The lowest BCUT2D eigenvalue weighted by atomic mass is 10.1. The van der Waals surface area contributed by atoms with E-state index >= 15 is 0 Å². The fourth-order valence-electron chi connectivity index (χ4n) is 4.47. The average molecular weight is 420 g/mol. The van der Waals surface area contributed by atoms with Gasteiger partial charge < -0.3 is 14.0 Å². The van der Waals surface area contributed by atoms with E-state index < -0.39 is 0 Å². The van der Waals surface area contributed by atoms with Gasteiger partial charge in [-0.25, -0.2) is 4.98 Å². The highest BCUT2D eigenvalue weighted by molar-refractivity contribution is 5.76. The number of benzene rings is 2. The van der Waals surface area contributed by atoms with Crippen molar-refractivity contribution in [3.05, 3.63) is 66.5 Å². The Morgan fingerprint density at radius 3 is 2.71 bits per heavy atom. The molecule has 1 fully saturated rings. The number of rotatable bonds is 10. The lowest BCUT2D eigenvalue weighted by Gasteiger charge is -2.24. The van der Waals surface area contributed by atoms with E-state index in [0.717, 1.165) is 55.3 Å². The molecule has 1 atom stereocenters. The molecule has 0 N–H and O–H groups in total. The van der Waals surface area contributed by atoms with E-state index in [1.54, 1.807) is 7.11 Å². The summed E-state index contributed by atoms with van der Waals surface area (Å²) in [5, 5.41) is 0. The normalized spacial score (nSPS) is 15.3. The first kappa shape index (κ1) is 21.4. The highest BCUT2D eigenvalue weighted by Gasteiger charge is 2.24. The van der Waals surface area contributed by atoms with Crippen LogP contribution in [0, 0.1) is 0 Å². The molecule has 1 saturated heterocycles. The summed E-state index contributed by atoms with van der Waals surface area (Å²) in [4.78, 5) is 7.55. The van der Waals surface area contributed by atoms with E-state index in [4.69, 9.17) is 14.5 Å². The molecule has 0 spiro atoms. The molecule has 1 aromatic heterocycles. The zero-order valence-corrected chi connectivity index (χ0v) is 18.7. The Kier molecular flexibility index (Phi) is 6.92. The number of likely N-dealkylation sites (tertiary alicyclic amines) is 1. The second-order valence-electron chi connectivity index (χ2n) is 8.21. The minimum atomic E-state index is 0.327. The van der Waals surface area contributed by atoms with Gasteiger partial charge in [0.15, 0.2) is 11.5 Å². The van der Waals surface area contributed by atoms with Crippen molar-refractivity contribution in [3.8, 4) is 11.5 Å². The molecule has 0 bridgehead atoms. The topological polar surface area (TPSA) is 39.5 Å². The third kappa shape index (κ3) is 4.77. The van der Waals surface area contributed by atoms with Gasteiger partial charge in [0.2, 0.25) is 0 Å². The quantitative estimate of drug-likeness (QED) is 0.326. The summed E-state index contributed by atoms with van der Waals surface area (Å²) in [6.45, 7) is 9.92. The highest BCUT2D eigenvalue weighted by Crippen LogP contribution is 2.30. The molecule has 0 radical (unpaired) electrons. The van der Waals surface area contributed by atoms with Crippen molar-refractivity contribution in [2.75, 3.05) is 26.8 Å². The fourth-order valence-corrected chi connectivity index (χ4v) is 4.47. The molecule has 5 heteroatoms. The average Bonchev–Trinajstić information content (AvgIpc) is 3.45. The molecule has 0 aliphatic carbocycles. The summed E-state index contributed by atoms with van der Waals surface area (Å²) in [5.41, 5.74) is 3.45. The van der Waals surface area contributed by atoms with Gasteiger partial charge in [0.25, 0.3) is 0 Å². The van der Waals surface area contributed by atoms with Crippen LogP contribution >= 0.6 is 0 Å². The maximum absolute atomic E-state index is 6.08. The van der Waals surface area contributed by atoms with Crippen LogP contribution in [0.15, 0.2) is 55.1 Å². The lowest BCUT2D eigenvalue weighted by molar-refractivity contribution is 0.244. The molecule has 2 aromatic carbocycles.